The van der Waals surface area contributed by atoms with Crippen LogP contribution in [0.1, 0.15) is 23.6 Å². The fraction of sp³-hybridized carbons (Fsp3) is 0.364. The van der Waals surface area contributed by atoms with Crippen LogP contribution in [-0.4, -0.2) is 12.7 Å². The van der Waals surface area contributed by atoms with Crippen molar-refractivity contribution < 1.29 is 13.9 Å². The zero-order valence-electron chi connectivity index (χ0n) is 8.42. The van der Waals surface area contributed by atoms with Crippen molar-refractivity contribution in [3.8, 4) is 0 Å². The van der Waals surface area contributed by atoms with Crippen molar-refractivity contribution in [2.24, 2.45) is 0 Å². The summed E-state index contributed by atoms with van der Waals surface area (Å²) in [6.45, 7) is 2.12. The second-order valence-corrected chi connectivity index (χ2v) is 3.63. The molecule has 80 valence electrons. The number of amides is 1. The van der Waals surface area contributed by atoms with E-state index in [1.54, 1.807) is 19.1 Å². The van der Waals surface area contributed by atoms with Crippen LogP contribution in [0, 0.1) is 12.7 Å². The van der Waals surface area contributed by atoms with Gasteiger partial charge < -0.3 is 10.1 Å². The minimum absolute atomic E-state index is 0.0643. The first-order valence-electron chi connectivity index (χ1n) is 4.86. The summed E-state index contributed by atoms with van der Waals surface area (Å²) >= 11 is 0. The first kappa shape index (κ1) is 9.96. The van der Waals surface area contributed by atoms with E-state index in [0.29, 0.717) is 12.2 Å². The summed E-state index contributed by atoms with van der Waals surface area (Å²) in [7, 11) is 0. The number of nitrogens with one attached hydrogen (secondary N) is 1. The fourth-order valence-corrected chi connectivity index (χ4v) is 1.66. The van der Waals surface area contributed by atoms with Gasteiger partial charge in [-0.1, -0.05) is 12.1 Å². The average Bonchev–Trinajstić information content (AvgIpc) is 2.22. The van der Waals surface area contributed by atoms with E-state index < -0.39 is 6.09 Å². The number of cyclic esters (lactones) is 1. The van der Waals surface area contributed by atoms with Gasteiger partial charge in [0, 0.05) is 6.42 Å². The molecule has 1 aromatic rings. The lowest BCUT2D eigenvalue weighted by atomic mass is 10.0. The van der Waals surface area contributed by atoms with Gasteiger partial charge in [-0.2, -0.15) is 0 Å². The Balaban J connectivity index is 2.21. The highest BCUT2D eigenvalue weighted by Crippen LogP contribution is 2.21. The SMILES string of the molecule is Cc1cc([C@@H]2CCOC(=O)N2)ccc1F. The summed E-state index contributed by atoms with van der Waals surface area (Å²) in [5.41, 5.74) is 1.51. The van der Waals surface area contributed by atoms with Crippen molar-refractivity contribution in [2.45, 2.75) is 19.4 Å². The molecule has 1 N–H and O–H groups in total. The first-order chi connectivity index (χ1) is 7.16. The molecule has 0 saturated carbocycles. The second-order valence-electron chi connectivity index (χ2n) is 3.63. The van der Waals surface area contributed by atoms with Crippen LogP contribution >= 0.6 is 0 Å². The van der Waals surface area contributed by atoms with Crippen molar-refractivity contribution in [1.82, 2.24) is 5.32 Å². The fourth-order valence-electron chi connectivity index (χ4n) is 1.66. The van der Waals surface area contributed by atoms with Crippen LogP contribution in [0.5, 0.6) is 0 Å². The molecule has 15 heavy (non-hydrogen) atoms. The molecule has 0 bridgehead atoms. The molecule has 1 heterocycles. The number of aryl methyl sites for hydroxylation is 1. The Hall–Kier alpha value is -1.58. The third-order valence-corrected chi connectivity index (χ3v) is 2.52. The Morgan fingerprint density at radius 2 is 2.33 bits per heavy atom. The van der Waals surface area contributed by atoms with Crippen molar-refractivity contribution >= 4 is 6.09 Å². The molecule has 0 aliphatic carbocycles. The molecule has 1 saturated heterocycles. The van der Waals surface area contributed by atoms with Gasteiger partial charge in [0.05, 0.1) is 12.6 Å². The molecule has 0 aromatic heterocycles. The van der Waals surface area contributed by atoms with Crippen LogP contribution in [-0.2, 0) is 4.74 Å². The molecule has 1 aromatic carbocycles. The number of benzene rings is 1. The Kier molecular flexibility index (Phi) is 2.58. The lowest BCUT2D eigenvalue weighted by molar-refractivity contribution is 0.115. The van der Waals surface area contributed by atoms with Crippen LogP contribution in [0.3, 0.4) is 0 Å². The number of hydrogen-bond acceptors (Lipinski definition) is 2. The normalized spacial score (nSPS) is 20.7. The third-order valence-electron chi connectivity index (χ3n) is 2.52. The number of halogens is 1. The highest BCUT2D eigenvalue weighted by Gasteiger charge is 2.20. The zero-order chi connectivity index (χ0) is 10.8. The van der Waals surface area contributed by atoms with E-state index in [1.165, 1.54) is 6.07 Å². The van der Waals surface area contributed by atoms with Gasteiger partial charge in [-0.15, -0.1) is 0 Å². The maximum Gasteiger partial charge on any atom is 0.407 e. The summed E-state index contributed by atoms with van der Waals surface area (Å²) in [4.78, 5) is 11.0. The molecular weight excluding hydrogens is 197 g/mol. The lowest BCUT2D eigenvalue weighted by Crippen LogP contribution is -2.35. The maximum atomic E-state index is 13.0. The van der Waals surface area contributed by atoms with Crippen LogP contribution < -0.4 is 5.32 Å². The standard InChI is InChI=1S/C11H12FNO2/c1-7-6-8(2-3-9(7)12)10-4-5-15-11(14)13-10/h2-3,6,10H,4-5H2,1H3,(H,13,14)/t10-/m0/s1. The molecule has 1 amide bonds. The molecule has 1 atom stereocenters. The predicted molar refractivity (Wildman–Crippen MR) is 53.0 cm³/mol. The van der Waals surface area contributed by atoms with Gasteiger partial charge in [-0.25, -0.2) is 9.18 Å². The van der Waals surface area contributed by atoms with Gasteiger partial charge in [0.15, 0.2) is 0 Å². The second kappa shape index (κ2) is 3.88. The molecule has 2 rings (SSSR count). The van der Waals surface area contributed by atoms with Gasteiger partial charge >= 0.3 is 6.09 Å². The number of alkyl carbamates (subject to hydrolysis) is 1. The van der Waals surface area contributed by atoms with E-state index in [4.69, 9.17) is 4.74 Å². The van der Waals surface area contributed by atoms with Crippen LogP contribution in [0.2, 0.25) is 0 Å². The largest absolute Gasteiger partial charge is 0.449 e. The summed E-state index contributed by atoms with van der Waals surface area (Å²) < 4.78 is 17.8. The van der Waals surface area contributed by atoms with E-state index >= 15 is 0 Å². The summed E-state index contributed by atoms with van der Waals surface area (Å²) in [6.07, 6.45) is 0.310. The molecule has 3 nitrogen and oxygen atoms in total. The van der Waals surface area contributed by atoms with Crippen LogP contribution in [0.25, 0.3) is 0 Å². The van der Waals surface area contributed by atoms with Crippen molar-refractivity contribution in [2.75, 3.05) is 6.61 Å². The van der Waals surface area contributed by atoms with Gasteiger partial charge in [0.1, 0.15) is 5.82 Å². The van der Waals surface area contributed by atoms with E-state index in [2.05, 4.69) is 5.32 Å². The summed E-state index contributed by atoms with van der Waals surface area (Å²) in [5, 5.41) is 2.70. The van der Waals surface area contributed by atoms with Crippen LogP contribution in [0.4, 0.5) is 9.18 Å². The van der Waals surface area contributed by atoms with Gasteiger partial charge in [-0.05, 0) is 24.1 Å². The monoisotopic (exact) mass is 209 g/mol. The van der Waals surface area contributed by atoms with Crippen molar-refractivity contribution in [3.05, 3.63) is 35.1 Å². The minimum atomic E-state index is -0.409. The number of hydrogen-bond donors (Lipinski definition) is 1. The quantitative estimate of drug-likeness (QED) is 0.770. The summed E-state index contributed by atoms with van der Waals surface area (Å²) in [6, 6.07) is 4.81. The molecular formula is C11H12FNO2. The van der Waals surface area contributed by atoms with E-state index in [0.717, 1.165) is 12.0 Å². The van der Waals surface area contributed by atoms with Gasteiger partial charge in [-0.3, -0.25) is 0 Å². The summed E-state index contributed by atoms with van der Waals surface area (Å²) in [5.74, 6) is -0.225. The van der Waals surface area contributed by atoms with E-state index in [9.17, 15) is 9.18 Å². The maximum absolute atomic E-state index is 13.0. The lowest BCUT2D eigenvalue weighted by Gasteiger charge is -2.23. The smallest absolute Gasteiger partial charge is 0.407 e. The molecule has 1 aliphatic rings. The molecule has 0 unspecified atom stereocenters. The number of carbonyl (C=O) groups is 1. The highest BCUT2D eigenvalue weighted by atomic mass is 19.1. The van der Waals surface area contributed by atoms with E-state index in [-0.39, 0.29) is 11.9 Å². The van der Waals surface area contributed by atoms with Crippen molar-refractivity contribution in [1.29, 1.82) is 0 Å². The predicted octanol–water partition coefficient (Wildman–Crippen LogP) is 2.31. The Morgan fingerprint density at radius 1 is 1.53 bits per heavy atom. The van der Waals surface area contributed by atoms with Crippen molar-refractivity contribution in [3.63, 3.8) is 0 Å². The molecule has 0 radical (unpaired) electrons. The average molecular weight is 209 g/mol. The molecule has 4 heteroatoms. The minimum Gasteiger partial charge on any atom is -0.449 e. The Labute approximate surface area is 87.2 Å². The number of rotatable bonds is 1. The third kappa shape index (κ3) is 2.09. The Bertz CT molecular complexity index is 392. The number of ether oxygens (including phenoxy) is 1. The molecule has 1 aliphatic heterocycles. The van der Waals surface area contributed by atoms with Gasteiger partial charge in [0.2, 0.25) is 0 Å². The number of carbonyl (C=O) groups excluding carboxylic acids is 1. The highest BCUT2D eigenvalue weighted by molar-refractivity contribution is 5.68. The molecule has 0 spiro atoms. The Morgan fingerprint density at radius 3 is 3.00 bits per heavy atom. The zero-order valence-corrected chi connectivity index (χ0v) is 8.42. The van der Waals surface area contributed by atoms with Crippen LogP contribution in [0.15, 0.2) is 18.2 Å². The topological polar surface area (TPSA) is 38.3 Å². The van der Waals surface area contributed by atoms with Gasteiger partial charge in [0.25, 0.3) is 0 Å². The van der Waals surface area contributed by atoms with E-state index in [1.807, 2.05) is 0 Å². The molecule has 1 fully saturated rings. The first-order valence-corrected chi connectivity index (χ1v) is 4.86.